The Kier molecular flexibility index (Phi) is 8.56. The molecule has 1 aromatic carbocycles. The van der Waals surface area contributed by atoms with E-state index in [4.69, 9.17) is 14.2 Å². The average Bonchev–Trinajstić information content (AvgIpc) is 3.09. The van der Waals surface area contributed by atoms with E-state index in [0.717, 1.165) is 6.42 Å². The maximum atomic E-state index is 13.5. The number of halogens is 1. The number of esters is 1. The molecular weight excluding hydrogens is 467 g/mol. The number of carbonyl (C=O) groups is 2. The Balaban J connectivity index is 1.83. The van der Waals surface area contributed by atoms with Gasteiger partial charge in [-0.3, -0.25) is 4.79 Å². The van der Waals surface area contributed by atoms with E-state index in [1.54, 1.807) is 12.1 Å². The molecule has 1 aromatic heterocycles. The number of nitrogens with zero attached hydrogens (tertiary/aromatic N) is 2. The Labute approximate surface area is 211 Å². The first-order chi connectivity index (χ1) is 16.8. The van der Waals surface area contributed by atoms with Crippen LogP contribution in [-0.2, 0) is 32.0 Å². The van der Waals surface area contributed by atoms with E-state index >= 15 is 0 Å². The number of carboxylic acid groups (broad SMARTS) is 1. The SMILES string of the molecule is CCCc1c(C(=O)O)nc(-c2ccc(F)cc2)n1CC[C@@H]1C[C@H](CC(=O)OC(C)(C)C)OC(C)(C)O1. The lowest BCUT2D eigenvalue weighted by atomic mass is 10.0. The van der Waals surface area contributed by atoms with Crippen molar-refractivity contribution in [2.24, 2.45) is 0 Å². The van der Waals surface area contributed by atoms with E-state index in [0.29, 0.717) is 42.9 Å². The number of benzene rings is 1. The van der Waals surface area contributed by atoms with Crippen molar-refractivity contribution in [2.45, 2.75) is 104 Å². The van der Waals surface area contributed by atoms with Crippen molar-refractivity contribution < 1.29 is 33.3 Å². The van der Waals surface area contributed by atoms with Crippen molar-refractivity contribution in [1.82, 2.24) is 9.55 Å². The van der Waals surface area contributed by atoms with Crippen molar-refractivity contribution >= 4 is 11.9 Å². The minimum Gasteiger partial charge on any atom is -0.476 e. The zero-order valence-electron chi connectivity index (χ0n) is 22.0. The summed E-state index contributed by atoms with van der Waals surface area (Å²) in [5, 5.41) is 9.78. The summed E-state index contributed by atoms with van der Waals surface area (Å²) < 4.78 is 33.0. The highest BCUT2D eigenvalue weighted by Gasteiger charge is 2.37. The molecule has 0 spiro atoms. The Bertz CT molecular complexity index is 1070. The van der Waals surface area contributed by atoms with E-state index in [9.17, 15) is 19.1 Å². The molecule has 0 aliphatic carbocycles. The van der Waals surface area contributed by atoms with Gasteiger partial charge in [0.2, 0.25) is 0 Å². The molecule has 0 saturated carbocycles. The molecule has 0 radical (unpaired) electrons. The summed E-state index contributed by atoms with van der Waals surface area (Å²) in [5.41, 5.74) is 0.692. The van der Waals surface area contributed by atoms with Crippen LogP contribution in [0.15, 0.2) is 24.3 Å². The summed E-state index contributed by atoms with van der Waals surface area (Å²) in [6.07, 6.45) is 1.86. The Morgan fingerprint density at radius 1 is 1.19 bits per heavy atom. The molecule has 198 valence electrons. The molecule has 2 aromatic rings. The van der Waals surface area contributed by atoms with Crippen molar-refractivity contribution in [2.75, 3.05) is 0 Å². The monoisotopic (exact) mass is 504 g/mol. The van der Waals surface area contributed by atoms with Gasteiger partial charge in [0.05, 0.1) is 24.3 Å². The third-order valence-electron chi connectivity index (χ3n) is 5.78. The quantitative estimate of drug-likeness (QED) is 0.458. The van der Waals surface area contributed by atoms with Gasteiger partial charge in [0.1, 0.15) is 17.2 Å². The second kappa shape index (κ2) is 11.1. The van der Waals surface area contributed by atoms with Crippen LogP contribution < -0.4 is 0 Å². The molecular formula is C27H37FN2O6. The average molecular weight is 505 g/mol. The van der Waals surface area contributed by atoms with E-state index < -0.39 is 17.4 Å². The van der Waals surface area contributed by atoms with Crippen LogP contribution in [-0.4, -0.2) is 50.2 Å². The zero-order valence-corrected chi connectivity index (χ0v) is 22.0. The third-order valence-corrected chi connectivity index (χ3v) is 5.78. The highest BCUT2D eigenvalue weighted by atomic mass is 19.1. The largest absolute Gasteiger partial charge is 0.476 e. The van der Waals surface area contributed by atoms with Crippen molar-refractivity contribution in [3.63, 3.8) is 0 Å². The molecule has 8 nitrogen and oxygen atoms in total. The molecule has 1 fully saturated rings. The highest BCUT2D eigenvalue weighted by molar-refractivity contribution is 5.88. The van der Waals surface area contributed by atoms with Crippen molar-refractivity contribution in [1.29, 1.82) is 0 Å². The van der Waals surface area contributed by atoms with Gasteiger partial charge >= 0.3 is 11.9 Å². The normalized spacial score (nSPS) is 19.8. The fourth-order valence-corrected chi connectivity index (χ4v) is 4.57. The van der Waals surface area contributed by atoms with Crippen LogP contribution in [0.4, 0.5) is 4.39 Å². The summed E-state index contributed by atoms with van der Waals surface area (Å²) in [6, 6.07) is 5.86. The molecule has 2 atom stereocenters. The molecule has 1 aliphatic heterocycles. The lowest BCUT2D eigenvalue weighted by Gasteiger charge is -2.41. The minimum absolute atomic E-state index is 0.00667. The highest BCUT2D eigenvalue weighted by Crippen LogP contribution is 2.32. The number of aromatic carboxylic acids is 1. The molecule has 0 bridgehead atoms. The summed E-state index contributed by atoms with van der Waals surface area (Å²) >= 11 is 0. The van der Waals surface area contributed by atoms with Crippen LogP contribution in [0.25, 0.3) is 11.4 Å². The second-order valence-corrected chi connectivity index (χ2v) is 10.6. The molecule has 1 saturated heterocycles. The molecule has 1 aliphatic rings. The van der Waals surface area contributed by atoms with Gasteiger partial charge in [-0.2, -0.15) is 0 Å². The van der Waals surface area contributed by atoms with E-state index in [-0.39, 0.29) is 36.1 Å². The maximum Gasteiger partial charge on any atom is 0.356 e. The zero-order chi connectivity index (χ0) is 26.7. The Morgan fingerprint density at radius 3 is 2.42 bits per heavy atom. The lowest BCUT2D eigenvalue weighted by molar-refractivity contribution is -0.301. The number of carboxylic acids is 1. The van der Waals surface area contributed by atoms with Gasteiger partial charge in [-0.15, -0.1) is 0 Å². The molecule has 3 rings (SSSR count). The van der Waals surface area contributed by atoms with Gasteiger partial charge in [0.25, 0.3) is 0 Å². The van der Waals surface area contributed by atoms with E-state index in [2.05, 4.69) is 4.98 Å². The summed E-state index contributed by atoms with van der Waals surface area (Å²) in [5.74, 6) is -2.21. The fraction of sp³-hybridized carbons (Fsp3) is 0.593. The first kappa shape index (κ1) is 27.8. The number of imidazole rings is 1. The Morgan fingerprint density at radius 2 is 1.83 bits per heavy atom. The topological polar surface area (TPSA) is 99.9 Å². The number of hydrogen-bond acceptors (Lipinski definition) is 6. The molecule has 2 heterocycles. The van der Waals surface area contributed by atoms with Crippen LogP contribution in [0, 0.1) is 5.82 Å². The lowest BCUT2D eigenvalue weighted by Crippen LogP contribution is -2.46. The smallest absolute Gasteiger partial charge is 0.356 e. The van der Waals surface area contributed by atoms with Crippen LogP contribution in [0.3, 0.4) is 0 Å². The van der Waals surface area contributed by atoms with Gasteiger partial charge in [-0.25, -0.2) is 14.2 Å². The van der Waals surface area contributed by atoms with E-state index in [1.165, 1.54) is 12.1 Å². The van der Waals surface area contributed by atoms with Crippen molar-refractivity contribution in [3.05, 3.63) is 41.5 Å². The van der Waals surface area contributed by atoms with Gasteiger partial charge in [-0.05, 0) is 71.7 Å². The predicted molar refractivity (Wildman–Crippen MR) is 132 cm³/mol. The fourth-order valence-electron chi connectivity index (χ4n) is 4.57. The number of hydrogen-bond donors (Lipinski definition) is 1. The summed E-state index contributed by atoms with van der Waals surface area (Å²) in [6.45, 7) is 11.5. The maximum absolute atomic E-state index is 13.5. The molecule has 1 N–H and O–H groups in total. The van der Waals surface area contributed by atoms with Crippen molar-refractivity contribution in [3.8, 4) is 11.4 Å². The first-order valence-electron chi connectivity index (χ1n) is 12.4. The number of ether oxygens (including phenoxy) is 3. The van der Waals surface area contributed by atoms with E-state index in [1.807, 2.05) is 46.1 Å². The van der Waals surface area contributed by atoms with Crippen LogP contribution in [0.2, 0.25) is 0 Å². The number of carbonyl (C=O) groups excluding carboxylic acids is 1. The first-order valence-corrected chi connectivity index (χ1v) is 12.4. The number of aromatic nitrogens is 2. The Hall–Kier alpha value is -2.78. The van der Waals surface area contributed by atoms with Gasteiger partial charge in [-0.1, -0.05) is 13.3 Å². The standard InChI is InChI=1S/C27H37FN2O6/c1-7-8-21-23(25(32)33)29-24(17-9-11-18(28)12-10-17)30(21)14-13-19-15-20(35-27(5,6)34-19)16-22(31)36-26(2,3)4/h9-12,19-20H,7-8,13-16H2,1-6H3,(H,32,33)/t19-,20-/m1/s1. The second-order valence-electron chi connectivity index (χ2n) is 10.6. The molecule has 9 heteroatoms. The number of rotatable bonds is 9. The predicted octanol–water partition coefficient (Wildman–Crippen LogP) is 5.37. The van der Waals surface area contributed by atoms with Gasteiger partial charge < -0.3 is 23.9 Å². The minimum atomic E-state index is -1.10. The van der Waals surface area contributed by atoms with Gasteiger partial charge in [0.15, 0.2) is 11.5 Å². The molecule has 36 heavy (non-hydrogen) atoms. The third kappa shape index (κ3) is 7.36. The molecule has 0 amide bonds. The van der Waals surface area contributed by atoms with Crippen LogP contribution in [0.1, 0.15) is 83.4 Å². The van der Waals surface area contributed by atoms with Crippen LogP contribution >= 0.6 is 0 Å². The van der Waals surface area contributed by atoms with Crippen LogP contribution in [0.5, 0.6) is 0 Å². The van der Waals surface area contributed by atoms with Gasteiger partial charge in [0, 0.05) is 18.5 Å². The summed E-state index contributed by atoms with van der Waals surface area (Å²) in [7, 11) is 0. The molecule has 0 unspecified atom stereocenters. The summed E-state index contributed by atoms with van der Waals surface area (Å²) in [4.78, 5) is 28.8.